The average Bonchev–Trinajstić information content (AvgIpc) is 3.15. The number of hydrogen-bond donors (Lipinski definition) is 2. The second kappa shape index (κ2) is 8.48. The van der Waals surface area contributed by atoms with Gasteiger partial charge in [-0.15, -0.1) is 0 Å². The first kappa shape index (κ1) is 23.0. The first-order valence-electron chi connectivity index (χ1n) is 9.58. The zero-order valence-corrected chi connectivity index (χ0v) is 17.5. The number of allylic oxidation sites excluding steroid dienone is 2. The molecular weight excluding hydrogens is 430 g/mol. The van der Waals surface area contributed by atoms with Gasteiger partial charge in [-0.3, -0.25) is 14.3 Å². The van der Waals surface area contributed by atoms with Gasteiger partial charge in [0.05, 0.1) is 34.9 Å². The van der Waals surface area contributed by atoms with Gasteiger partial charge in [0.15, 0.2) is 0 Å². The molecule has 1 aliphatic heterocycles. The Morgan fingerprint density at radius 3 is 2.59 bits per heavy atom. The summed E-state index contributed by atoms with van der Waals surface area (Å²) in [5, 5.41) is 6.52. The highest BCUT2D eigenvalue weighted by atomic mass is 19.4. The Morgan fingerprint density at radius 1 is 1.34 bits per heavy atom. The van der Waals surface area contributed by atoms with Crippen LogP contribution in [0.25, 0.3) is 0 Å². The van der Waals surface area contributed by atoms with Crippen LogP contribution in [0.1, 0.15) is 51.9 Å². The third kappa shape index (κ3) is 4.36. The number of aryl methyl sites for hydroxylation is 1. The van der Waals surface area contributed by atoms with Crippen molar-refractivity contribution in [1.82, 2.24) is 15.1 Å². The number of hydrogen-bond acceptors (Lipinski definition) is 4. The Hall–Kier alpha value is -3.63. The second-order valence-electron chi connectivity index (χ2n) is 7.42. The monoisotopic (exact) mass is 451 g/mol. The summed E-state index contributed by atoms with van der Waals surface area (Å²) in [5.41, 5.74) is 4.74. The number of halogens is 4. The summed E-state index contributed by atoms with van der Waals surface area (Å²) in [6, 6.07) is 3.07. The average molecular weight is 451 g/mol. The minimum absolute atomic E-state index is 0.0125. The highest BCUT2D eigenvalue weighted by Crippen LogP contribution is 2.35. The SMILES string of the molecule is C/C(F)=C\C(=C/N)NC(=O)c1cnn2c1C(=O)N(c1ccc(C(F)(F)F)c(C)c1)CC2C. The number of anilines is 1. The number of alkyl halides is 3. The van der Waals surface area contributed by atoms with Crippen molar-refractivity contribution in [3.05, 3.63) is 70.6 Å². The minimum atomic E-state index is -4.51. The van der Waals surface area contributed by atoms with Crippen molar-refractivity contribution < 1.29 is 27.2 Å². The molecule has 0 saturated carbocycles. The molecule has 7 nitrogen and oxygen atoms in total. The molecule has 2 aromatic rings. The maximum absolute atomic E-state index is 13.2. The van der Waals surface area contributed by atoms with Gasteiger partial charge in [0.2, 0.25) is 0 Å². The molecular formula is C21H21F4N5O2. The molecule has 1 aromatic carbocycles. The number of nitrogens with one attached hydrogen (secondary N) is 1. The van der Waals surface area contributed by atoms with Crippen molar-refractivity contribution in [2.45, 2.75) is 33.0 Å². The molecule has 0 fully saturated rings. The van der Waals surface area contributed by atoms with E-state index in [9.17, 15) is 27.2 Å². The minimum Gasteiger partial charge on any atom is -0.403 e. The van der Waals surface area contributed by atoms with Crippen LogP contribution in [-0.2, 0) is 6.18 Å². The van der Waals surface area contributed by atoms with Crippen molar-refractivity contribution in [3.63, 3.8) is 0 Å². The lowest BCUT2D eigenvalue weighted by molar-refractivity contribution is -0.138. The van der Waals surface area contributed by atoms with Crippen molar-refractivity contribution in [1.29, 1.82) is 0 Å². The summed E-state index contributed by atoms with van der Waals surface area (Å²) in [6.07, 6.45) is -1.29. The van der Waals surface area contributed by atoms with E-state index in [0.717, 1.165) is 18.3 Å². The van der Waals surface area contributed by atoms with Crippen LogP contribution in [0.3, 0.4) is 0 Å². The van der Waals surface area contributed by atoms with Gasteiger partial charge in [-0.1, -0.05) is 0 Å². The lowest BCUT2D eigenvalue weighted by Gasteiger charge is -2.32. The number of rotatable bonds is 4. The summed E-state index contributed by atoms with van der Waals surface area (Å²) in [6.45, 7) is 4.40. The van der Waals surface area contributed by atoms with Crippen molar-refractivity contribution >= 4 is 17.5 Å². The molecule has 32 heavy (non-hydrogen) atoms. The molecule has 2 heterocycles. The fourth-order valence-electron chi connectivity index (χ4n) is 3.52. The molecule has 0 bridgehead atoms. The Bertz CT molecular complexity index is 1130. The zero-order chi connectivity index (χ0) is 23.8. The van der Waals surface area contributed by atoms with Crippen LogP contribution in [0.2, 0.25) is 0 Å². The molecule has 2 amide bonds. The maximum atomic E-state index is 13.2. The zero-order valence-electron chi connectivity index (χ0n) is 17.5. The lowest BCUT2D eigenvalue weighted by atomic mass is 10.0. The van der Waals surface area contributed by atoms with E-state index in [4.69, 9.17) is 5.73 Å². The smallest absolute Gasteiger partial charge is 0.403 e. The number of nitrogens with two attached hydrogens (primary N) is 1. The second-order valence-corrected chi connectivity index (χ2v) is 7.42. The third-order valence-corrected chi connectivity index (χ3v) is 4.97. The molecule has 1 unspecified atom stereocenters. The standard InChI is InChI=1S/C21H21F4N5O2/c1-11-6-15(4-5-17(11)21(23,24)25)29-10-13(3)30-18(20(29)32)16(9-27-30)19(31)28-14(8-26)7-12(2)22/h4-9,13H,10,26H2,1-3H3,(H,28,31)/b12-7+,14-8+. The van der Waals surface area contributed by atoms with Crippen LogP contribution in [0, 0.1) is 6.92 Å². The van der Waals surface area contributed by atoms with Gasteiger partial charge in [0.25, 0.3) is 11.8 Å². The highest BCUT2D eigenvalue weighted by Gasteiger charge is 2.37. The van der Waals surface area contributed by atoms with Crippen LogP contribution in [0.5, 0.6) is 0 Å². The summed E-state index contributed by atoms with van der Waals surface area (Å²) >= 11 is 0. The number of benzene rings is 1. The number of nitrogens with zero attached hydrogens (tertiary/aromatic N) is 3. The van der Waals surface area contributed by atoms with E-state index in [-0.39, 0.29) is 40.8 Å². The van der Waals surface area contributed by atoms with Crippen molar-refractivity contribution in [3.8, 4) is 0 Å². The van der Waals surface area contributed by atoms with E-state index < -0.39 is 29.4 Å². The first-order chi connectivity index (χ1) is 14.9. The molecule has 0 spiro atoms. The van der Waals surface area contributed by atoms with Gasteiger partial charge in [-0.2, -0.15) is 18.3 Å². The summed E-state index contributed by atoms with van der Waals surface area (Å²) in [7, 11) is 0. The normalized spacial score (nSPS) is 17.4. The number of amides is 2. The van der Waals surface area contributed by atoms with Gasteiger partial charge in [-0.25, -0.2) is 4.39 Å². The Balaban J connectivity index is 1.97. The molecule has 0 saturated heterocycles. The fraction of sp³-hybridized carbons (Fsp3) is 0.286. The molecule has 0 aliphatic carbocycles. The quantitative estimate of drug-likeness (QED) is 0.546. The van der Waals surface area contributed by atoms with E-state index in [0.29, 0.717) is 0 Å². The van der Waals surface area contributed by atoms with E-state index in [1.807, 2.05) is 0 Å². The van der Waals surface area contributed by atoms with E-state index in [2.05, 4.69) is 10.4 Å². The molecule has 3 rings (SSSR count). The molecule has 3 N–H and O–H groups in total. The number of carbonyl (C=O) groups excluding carboxylic acids is 2. The van der Waals surface area contributed by atoms with Gasteiger partial charge >= 0.3 is 6.18 Å². The molecule has 1 aliphatic rings. The van der Waals surface area contributed by atoms with E-state index in [1.54, 1.807) is 6.92 Å². The highest BCUT2D eigenvalue weighted by molar-refractivity contribution is 6.13. The molecule has 1 aromatic heterocycles. The van der Waals surface area contributed by atoms with Crippen LogP contribution in [0.15, 0.2) is 48.2 Å². The van der Waals surface area contributed by atoms with Gasteiger partial charge in [-0.05, 0) is 50.6 Å². The van der Waals surface area contributed by atoms with Crippen LogP contribution in [-0.4, -0.2) is 28.1 Å². The third-order valence-electron chi connectivity index (χ3n) is 4.97. The first-order valence-corrected chi connectivity index (χ1v) is 9.58. The van der Waals surface area contributed by atoms with Crippen molar-refractivity contribution in [2.24, 2.45) is 5.73 Å². The van der Waals surface area contributed by atoms with Gasteiger partial charge in [0, 0.05) is 18.4 Å². The number of aromatic nitrogens is 2. The van der Waals surface area contributed by atoms with Gasteiger partial charge in [0.1, 0.15) is 5.69 Å². The fourth-order valence-corrected chi connectivity index (χ4v) is 3.52. The number of fused-ring (bicyclic) bond motifs is 1. The number of carbonyl (C=O) groups is 2. The van der Waals surface area contributed by atoms with Crippen LogP contribution >= 0.6 is 0 Å². The maximum Gasteiger partial charge on any atom is 0.416 e. The summed E-state index contributed by atoms with van der Waals surface area (Å²) in [4.78, 5) is 27.3. The predicted octanol–water partition coefficient (Wildman–Crippen LogP) is 3.83. The van der Waals surface area contributed by atoms with Crippen molar-refractivity contribution in [2.75, 3.05) is 11.4 Å². The summed E-state index contributed by atoms with van der Waals surface area (Å²) in [5.74, 6) is -1.92. The molecule has 1 atom stereocenters. The van der Waals surface area contributed by atoms with Crippen LogP contribution < -0.4 is 16.0 Å². The Kier molecular flexibility index (Phi) is 6.11. The van der Waals surface area contributed by atoms with E-state index >= 15 is 0 Å². The molecule has 170 valence electrons. The summed E-state index contributed by atoms with van der Waals surface area (Å²) < 4.78 is 53.8. The Morgan fingerprint density at radius 2 is 2.03 bits per heavy atom. The lowest BCUT2D eigenvalue weighted by Crippen LogP contribution is -2.43. The predicted molar refractivity (Wildman–Crippen MR) is 109 cm³/mol. The molecule has 11 heteroatoms. The largest absolute Gasteiger partial charge is 0.416 e. The van der Waals surface area contributed by atoms with E-state index in [1.165, 1.54) is 41.8 Å². The molecule has 0 radical (unpaired) electrons. The Labute approximate surface area is 181 Å². The van der Waals surface area contributed by atoms with Crippen LogP contribution in [0.4, 0.5) is 23.2 Å². The van der Waals surface area contributed by atoms with Gasteiger partial charge < -0.3 is 16.0 Å². The topological polar surface area (TPSA) is 93.2 Å².